The van der Waals surface area contributed by atoms with Crippen molar-refractivity contribution in [1.29, 1.82) is 0 Å². The SMILES string of the molecule is O=C(Cc1cccc2ccccc12)c1cccc(Br)c1. The molecule has 3 aromatic carbocycles. The molecular weight excluding hydrogens is 312 g/mol. The fourth-order valence-corrected chi connectivity index (χ4v) is 2.78. The number of hydrogen-bond donors (Lipinski definition) is 0. The van der Waals surface area contributed by atoms with Crippen LogP contribution >= 0.6 is 15.9 Å². The second-order valence-electron chi connectivity index (χ2n) is 4.75. The number of rotatable bonds is 3. The van der Waals surface area contributed by atoms with Crippen LogP contribution in [0.4, 0.5) is 0 Å². The van der Waals surface area contributed by atoms with Crippen molar-refractivity contribution in [2.45, 2.75) is 6.42 Å². The summed E-state index contributed by atoms with van der Waals surface area (Å²) in [5.41, 5.74) is 1.82. The molecule has 1 nitrogen and oxygen atoms in total. The number of fused-ring (bicyclic) bond motifs is 1. The summed E-state index contributed by atoms with van der Waals surface area (Å²) in [5.74, 6) is 0.141. The van der Waals surface area contributed by atoms with Crippen molar-refractivity contribution in [1.82, 2.24) is 0 Å². The Kier molecular flexibility index (Phi) is 3.66. The van der Waals surface area contributed by atoms with Gasteiger partial charge >= 0.3 is 0 Å². The molecule has 3 aromatic rings. The number of hydrogen-bond acceptors (Lipinski definition) is 1. The fourth-order valence-electron chi connectivity index (χ4n) is 2.38. The summed E-state index contributed by atoms with van der Waals surface area (Å²) in [6.45, 7) is 0. The van der Waals surface area contributed by atoms with Gasteiger partial charge in [-0.3, -0.25) is 4.79 Å². The van der Waals surface area contributed by atoms with E-state index in [-0.39, 0.29) is 5.78 Å². The van der Waals surface area contributed by atoms with Crippen LogP contribution < -0.4 is 0 Å². The summed E-state index contributed by atoms with van der Waals surface area (Å²) in [7, 11) is 0. The standard InChI is InChI=1S/C18H13BrO/c19-16-9-4-8-15(11-16)18(20)12-14-7-3-6-13-5-1-2-10-17(13)14/h1-11H,12H2. The van der Waals surface area contributed by atoms with Crippen LogP contribution in [0.25, 0.3) is 10.8 Å². The molecule has 0 spiro atoms. The monoisotopic (exact) mass is 324 g/mol. The molecule has 0 heterocycles. The van der Waals surface area contributed by atoms with Crippen molar-refractivity contribution in [3.05, 3.63) is 82.3 Å². The number of halogens is 1. The Labute approximate surface area is 126 Å². The van der Waals surface area contributed by atoms with Gasteiger partial charge < -0.3 is 0 Å². The lowest BCUT2D eigenvalue weighted by atomic mass is 9.98. The molecule has 3 rings (SSSR count). The van der Waals surface area contributed by atoms with Gasteiger partial charge in [-0.2, -0.15) is 0 Å². The average molecular weight is 325 g/mol. The van der Waals surface area contributed by atoms with Gasteiger partial charge in [0.2, 0.25) is 0 Å². The van der Waals surface area contributed by atoms with Crippen LogP contribution in [-0.4, -0.2) is 5.78 Å². The first kappa shape index (κ1) is 13.1. The maximum atomic E-state index is 12.4. The van der Waals surface area contributed by atoms with E-state index < -0.39 is 0 Å². The van der Waals surface area contributed by atoms with Gasteiger partial charge in [-0.05, 0) is 28.5 Å². The first-order valence-electron chi connectivity index (χ1n) is 6.49. The fraction of sp³-hybridized carbons (Fsp3) is 0.0556. The molecule has 0 aromatic heterocycles. The normalized spacial score (nSPS) is 10.7. The van der Waals surface area contributed by atoms with E-state index in [0.717, 1.165) is 21.0 Å². The second-order valence-corrected chi connectivity index (χ2v) is 5.66. The summed E-state index contributed by atoms with van der Waals surface area (Å²) in [4.78, 5) is 12.4. The van der Waals surface area contributed by atoms with Gasteiger partial charge in [0.1, 0.15) is 0 Å². The first-order valence-corrected chi connectivity index (χ1v) is 7.29. The largest absolute Gasteiger partial charge is 0.294 e. The molecule has 0 aliphatic heterocycles. The summed E-state index contributed by atoms with van der Waals surface area (Å²) >= 11 is 3.40. The zero-order valence-electron chi connectivity index (χ0n) is 10.8. The minimum Gasteiger partial charge on any atom is -0.294 e. The van der Waals surface area contributed by atoms with Gasteiger partial charge in [0.15, 0.2) is 5.78 Å². The summed E-state index contributed by atoms with van der Waals surface area (Å²) in [6, 6.07) is 21.8. The molecule has 0 atom stereocenters. The van der Waals surface area contributed by atoms with Crippen LogP contribution in [0.2, 0.25) is 0 Å². The Morgan fingerprint density at radius 1 is 0.900 bits per heavy atom. The van der Waals surface area contributed by atoms with Crippen LogP contribution in [0.1, 0.15) is 15.9 Å². The van der Waals surface area contributed by atoms with Gasteiger partial charge in [0.05, 0.1) is 0 Å². The third kappa shape index (κ3) is 2.66. The highest BCUT2D eigenvalue weighted by atomic mass is 79.9. The number of benzene rings is 3. The van der Waals surface area contributed by atoms with E-state index in [0.29, 0.717) is 6.42 Å². The molecule has 0 saturated heterocycles. The molecule has 20 heavy (non-hydrogen) atoms. The van der Waals surface area contributed by atoms with E-state index in [1.807, 2.05) is 48.5 Å². The maximum Gasteiger partial charge on any atom is 0.167 e. The second kappa shape index (κ2) is 5.59. The number of Topliss-reactive ketones (excluding diaryl/α,β-unsaturated/α-hetero) is 1. The Bertz CT molecular complexity index is 772. The van der Waals surface area contributed by atoms with E-state index in [4.69, 9.17) is 0 Å². The Morgan fingerprint density at radius 3 is 2.50 bits per heavy atom. The van der Waals surface area contributed by atoms with Crippen molar-refractivity contribution in [3.63, 3.8) is 0 Å². The highest BCUT2D eigenvalue weighted by Crippen LogP contribution is 2.21. The molecule has 0 N–H and O–H groups in total. The highest BCUT2D eigenvalue weighted by Gasteiger charge is 2.09. The summed E-state index contributed by atoms with van der Waals surface area (Å²) in [6.07, 6.45) is 0.428. The molecule has 0 unspecified atom stereocenters. The molecule has 0 aliphatic rings. The van der Waals surface area contributed by atoms with E-state index in [1.165, 1.54) is 5.39 Å². The maximum absolute atomic E-state index is 12.4. The minimum absolute atomic E-state index is 0.141. The summed E-state index contributed by atoms with van der Waals surface area (Å²) in [5, 5.41) is 2.32. The quantitative estimate of drug-likeness (QED) is 0.618. The van der Waals surface area contributed by atoms with Gasteiger partial charge in [0.25, 0.3) is 0 Å². The molecule has 98 valence electrons. The third-order valence-corrected chi connectivity index (χ3v) is 3.87. The lowest BCUT2D eigenvalue weighted by molar-refractivity contribution is 0.0993. The molecule has 0 fully saturated rings. The Balaban J connectivity index is 1.95. The minimum atomic E-state index is 0.141. The topological polar surface area (TPSA) is 17.1 Å². The van der Waals surface area contributed by atoms with Crippen LogP contribution in [0.3, 0.4) is 0 Å². The molecule has 0 aliphatic carbocycles. The molecule has 0 saturated carbocycles. The van der Waals surface area contributed by atoms with Crippen molar-refractivity contribution < 1.29 is 4.79 Å². The summed E-state index contributed by atoms with van der Waals surface area (Å²) < 4.78 is 0.932. The number of ketones is 1. The third-order valence-electron chi connectivity index (χ3n) is 3.38. The van der Waals surface area contributed by atoms with Gasteiger partial charge in [-0.15, -0.1) is 0 Å². The molecule has 0 amide bonds. The zero-order valence-corrected chi connectivity index (χ0v) is 12.4. The van der Waals surface area contributed by atoms with Crippen LogP contribution in [0.5, 0.6) is 0 Å². The van der Waals surface area contributed by atoms with E-state index in [9.17, 15) is 4.79 Å². The number of carbonyl (C=O) groups excluding carboxylic acids is 1. The Morgan fingerprint density at radius 2 is 1.65 bits per heavy atom. The van der Waals surface area contributed by atoms with Gasteiger partial charge in [-0.1, -0.05) is 70.5 Å². The van der Waals surface area contributed by atoms with Gasteiger partial charge in [-0.25, -0.2) is 0 Å². The lowest BCUT2D eigenvalue weighted by Gasteiger charge is -2.06. The van der Waals surface area contributed by atoms with Crippen molar-refractivity contribution in [2.24, 2.45) is 0 Å². The van der Waals surface area contributed by atoms with Crippen LogP contribution in [0.15, 0.2) is 71.2 Å². The highest BCUT2D eigenvalue weighted by molar-refractivity contribution is 9.10. The smallest absolute Gasteiger partial charge is 0.167 e. The van der Waals surface area contributed by atoms with Crippen molar-refractivity contribution in [3.8, 4) is 0 Å². The average Bonchev–Trinajstić information content (AvgIpc) is 2.47. The predicted molar refractivity (Wildman–Crippen MR) is 86.1 cm³/mol. The molecule has 0 radical (unpaired) electrons. The molecule has 2 heteroatoms. The van der Waals surface area contributed by atoms with Crippen LogP contribution in [-0.2, 0) is 6.42 Å². The Hall–Kier alpha value is -1.93. The van der Waals surface area contributed by atoms with E-state index in [1.54, 1.807) is 0 Å². The predicted octanol–water partition coefficient (Wildman–Crippen LogP) is 5.03. The van der Waals surface area contributed by atoms with Gasteiger partial charge in [0, 0.05) is 16.5 Å². The van der Waals surface area contributed by atoms with Crippen molar-refractivity contribution >= 4 is 32.5 Å². The van der Waals surface area contributed by atoms with E-state index >= 15 is 0 Å². The number of carbonyl (C=O) groups is 1. The first-order chi connectivity index (χ1) is 9.74. The molecule has 0 bridgehead atoms. The van der Waals surface area contributed by atoms with E-state index in [2.05, 4.69) is 34.1 Å². The lowest BCUT2D eigenvalue weighted by Crippen LogP contribution is -2.03. The zero-order chi connectivity index (χ0) is 13.9. The van der Waals surface area contributed by atoms with Crippen molar-refractivity contribution in [2.75, 3.05) is 0 Å². The molecular formula is C18H13BrO. The van der Waals surface area contributed by atoms with Crippen LogP contribution in [0, 0.1) is 0 Å².